The molecule has 102 valence electrons. The van der Waals surface area contributed by atoms with Gasteiger partial charge in [-0.1, -0.05) is 18.0 Å². The van der Waals surface area contributed by atoms with Gasteiger partial charge in [0.15, 0.2) is 5.84 Å². The van der Waals surface area contributed by atoms with Gasteiger partial charge in [-0.05, 0) is 25.0 Å². The molecule has 0 aromatic heterocycles. The summed E-state index contributed by atoms with van der Waals surface area (Å²) in [5, 5.41) is 11.7. The lowest BCUT2D eigenvalue weighted by Crippen LogP contribution is -2.46. The molecule has 2 fully saturated rings. The van der Waals surface area contributed by atoms with Crippen molar-refractivity contribution >= 4 is 23.5 Å². The summed E-state index contributed by atoms with van der Waals surface area (Å²) in [7, 11) is 0. The molecular formula is C12H21N3O2S. The molecule has 1 aliphatic heterocycles. The largest absolute Gasteiger partial charge is 0.409 e. The molecule has 0 aromatic rings. The van der Waals surface area contributed by atoms with Crippen LogP contribution in [0.1, 0.15) is 32.1 Å². The molecule has 1 unspecified atom stereocenters. The Morgan fingerprint density at radius 3 is 2.67 bits per heavy atom. The van der Waals surface area contributed by atoms with Gasteiger partial charge in [-0.15, -0.1) is 0 Å². The van der Waals surface area contributed by atoms with E-state index in [4.69, 9.17) is 10.9 Å². The third-order valence-electron chi connectivity index (χ3n) is 3.79. The maximum Gasteiger partial charge on any atom is 0.227 e. The normalized spacial score (nSPS) is 25.6. The topological polar surface area (TPSA) is 78.9 Å². The Kier molecular flexibility index (Phi) is 4.74. The van der Waals surface area contributed by atoms with Crippen LogP contribution >= 0.6 is 11.8 Å². The van der Waals surface area contributed by atoms with E-state index in [1.165, 1.54) is 12.8 Å². The highest BCUT2D eigenvalue weighted by Gasteiger charge is 2.33. The van der Waals surface area contributed by atoms with E-state index in [9.17, 15) is 4.79 Å². The van der Waals surface area contributed by atoms with Crippen LogP contribution in [0, 0.1) is 5.92 Å². The zero-order valence-corrected chi connectivity index (χ0v) is 11.4. The molecule has 3 N–H and O–H groups in total. The van der Waals surface area contributed by atoms with Crippen LogP contribution in [0.2, 0.25) is 0 Å². The Balaban J connectivity index is 2.04. The van der Waals surface area contributed by atoms with Crippen LogP contribution in [0.25, 0.3) is 0 Å². The van der Waals surface area contributed by atoms with E-state index in [1.54, 1.807) is 0 Å². The second-order valence-electron chi connectivity index (χ2n) is 5.06. The summed E-state index contributed by atoms with van der Waals surface area (Å²) in [5.41, 5.74) is 5.58. The molecule has 1 amide bonds. The van der Waals surface area contributed by atoms with Gasteiger partial charge in [0.05, 0.1) is 6.54 Å². The Bertz CT molecular complexity index is 323. The van der Waals surface area contributed by atoms with E-state index in [0.717, 1.165) is 30.8 Å². The number of carbonyl (C=O) groups is 1. The Morgan fingerprint density at radius 1 is 1.39 bits per heavy atom. The first-order chi connectivity index (χ1) is 8.72. The van der Waals surface area contributed by atoms with Crippen molar-refractivity contribution in [3.05, 3.63) is 0 Å². The highest BCUT2D eigenvalue weighted by Crippen LogP contribution is 2.29. The van der Waals surface area contributed by atoms with Crippen molar-refractivity contribution in [2.24, 2.45) is 16.8 Å². The molecular weight excluding hydrogens is 250 g/mol. The molecule has 0 aromatic carbocycles. The minimum absolute atomic E-state index is 0.126. The minimum Gasteiger partial charge on any atom is -0.409 e. The summed E-state index contributed by atoms with van der Waals surface area (Å²) in [5.74, 6) is 2.43. The van der Waals surface area contributed by atoms with E-state index in [2.05, 4.69) is 5.16 Å². The van der Waals surface area contributed by atoms with Gasteiger partial charge < -0.3 is 15.8 Å². The molecule has 0 bridgehead atoms. The number of hydrogen-bond donors (Lipinski definition) is 2. The molecule has 1 heterocycles. The van der Waals surface area contributed by atoms with Gasteiger partial charge in [-0.2, -0.15) is 11.8 Å². The lowest BCUT2D eigenvalue weighted by Gasteiger charge is -2.30. The Hall–Kier alpha value is -0.910. The van der Waals surface area contributed by atoms with Crippen molar-refractivity contribution in [1.82, 2.24) is 4.90 Å². The maximum atomic E-state index is 12.5. The van der Waals surface area contributed by atoms with Crippen molar-refractivity contribution in [3.8, 4) is 0 Å². The average molecular weight is 271 g/mol. The first-order valence-electron chi connectivity index (χ1n) is 6.57. The summed E-state index contributed by atoms with van der Waals surface area (Å²) >= 11 is 1.84. The second-order valence-corrected chi connectivity index (χ2v) is 6.21. The second kappa shape index (κ2) is 6.31. The van der Waals surface area contributed by atoms with Gasteiger partial charge in [-0.3, -0.25) is 4.79 Å². The van der Waals surface area contributed by atoms with Gasteiger partial charge in [0.25, 0.3) is 0 Å². The first kappa shape index (κ1) is 13.5. The minimum atomic E-state index is 0.126. The molecule has 0 spiro atoms. The van der Waals surface area contributed by atoms with Crippen LogP contribution in [0.3, 0.4) is 0 Å². The maximum absolute atomic E-state index is 12.5. The number of amidine groups is 1. The number of hydrogen-bond acceptors (Lipinski definition) is 4. The van der Waals surface area contributed by atoms with Gasteiger partial charge in [0.1, 0.15) is 0 Å². The predicted octanol–water partition coefficient (Wildman–Crippen LogP) is 1.26. The molecule has 1 aliphatic carbocycles. The smallest absolute Gasteiger partial charge is 0.227 e. The number of oxime groups is 1. The molecule has 18 heavy (non-hydrogen) atoms. The first-order valence-corrected chi connectivity index (χ1v) is 7.72. The fourth-order valence-electron chi connectivity index (χ4n) is 2.77. The number of nitrogens with two attached hydrogens (primary N) is 1. The van der Waals surface area contributed by atoms with Gasteiger partial charge in [0.2, 0.25) is 5.91 Å². The zero-order chi connectivity index (χ0) is 13.0. The van der Waals surface area contributed by atoms with E-state index in [-0.39, 0.29) is 30.2 Å². The SMILES string of the molecule is NC(CN(C(=O)C1CCSC1)C1CCCC1)=NO. The number of thioether (sulfide) groups is 1. The highest BCUT2D eigenvalue weighted by molar-refractivity contribution is 7.99. The molecule has 1 atom stereocenters. The third kappa shape index (κ3) is 3.10. The number of amides is 1. The van der Waals surface area contributed by atoms with Crippen molar-refractivity contribution in [2.75, 3.05) is 18.1 Å². The van der Waals surface area contributed by atoms with E-state index in [0.29, 0.717) is 0 Å². The highest BCUT2D eigenvalue weighted by atomic mass is 32.2. The number of nitrogens with zero attached hydrogens (tertiary/aromatic N) is 2. The van der Waals surface area contributed by atoms with Gasteiger partial charge >= 0.3 is 0 Å². The van der Waals surface area contributed by atoms with Crippen LogP contribution in [0.4, 0.5) is 0 Å². The molecule has 1 saturated heterocycles. The fourth-order valence-corrected chi connectivity index (χ4v) is 3.98. The summed E-state index contributed by atoms with van der Waals surface area (Å²) in [4.78, 5) is 14.4. The van der Waals surface area contributed by atoms with Crippen LogP contribution in [-0.4, -0.2) is 45.9 Å². The van der Waals surface area contributed by atoms with Crippen molar-refractivity contribution in [1.29, 1.82) is 0 Å². The van der Waals surface area contributed by atoms with Crippen molar-refractivity contribution in [2.45, 2.75) is 38.1 Å². The Morgan fingerprint density at radius 2 is 2.11 bits per heavy atom. The number of carbonyl (C=O) groups excluding carboxylic acids is 1. The zero-order valence-electron chi connectivity index (χ0n) is 10.5. The van der Waals surface area contributed by atoms with Gasteiger partial charge in [0, 0.05) is 17.7 Å². The summed E-state index contributed by atoms with van der Waals surface area (Å²) < 4.78 is 0. The standard InChI is InChI=1S/C12H21N3O2S/c13-11(14-17)7-15(10-3-1-2-4-10)12(16)9-5-6-18-8-9/h9-10,17H,1-8H2,(H2,13,14). The molecule has 0 radical (unpaired) electrons. The average Bonchev–Trinajstić information content (AvgIpc) is 3.06. The monoisotopic (exact) mass is 271 g/mol. The molecule has 2 rings (SSSR count). The van der Waals surface area contributed by atoms with Crippen LogP contribution in [0.15, 0.2) is 5.16 Å². The van der Waals surface area contributed by atoms with Crippen LogP contribution < -0.4 is 5.73 Å². The molecule has 5 nitrogen and oxygen atoms in total. The van der Waals surface area contributed by atoms with Crippen molar-refractivity contribution in [3.63, 3.8) is 0 Å². The number of rotatable bonds is 4. The summed E-state index contributed by atoms with van der Waals surface area (Å²) in [6.07, 6.45) is 5.39. The van der Waals surface area contributed by atoms with Crippen molar-refractivity contribution < 1.29 is 10.0 Å². The molecule has 1 saturated carbocycles. The molecule has 2 aliphatic rings. The molecule has 6 heteroatoms. The third-order valence-corrected chi connectivity index (χ3v) is 4.95. The predicted molar refractivity (Wildman–Crippen MR) is 72.8 cm³/mol. The van der Waals surface area contributed by atoms with Crippen LogP contribution in [-0.2, 0) is 4.79 Å². The van der Waals surface area contributed by atoms with E-state index >= 15 is 0 Å². The lowest BCUT2D eigenvalue weighted by atomic mass is 10.1. The van der Waals surface area contributed by atoms with Crippen LogP contribution in [0.5, 0.6) is 0 Å². The summed E-state index contributed by atoms with van der Waals surface area (Å²) in [6.45, 7) is 0.265. The fraction of sp³-hybridized carbons (Fsp3) is 0.833. The lowest BCUT2D eigenvalue weighted by molar-refractivity contribution is -0.136. The van der Waals surface area contributed by atoms with Gasteiger partial charge in [-0.25, -0.2) is 0 Å². The quantitative estimate of drug-likeness (QED) is 0.349. The Labute approximate surface area is 112 Å². The van der Waals surface area contributed by atoms with E-state index < -0.39 is 0 Å². The summed E-state index contributed by atoms with van der Waals surface area (Å²) in [6, 6.07) is 0.281. The van der Waals surface area contributed by atoms with E-state index in [1.807, 2.05) is 16.7 Å².